The molecule has 1 aliphatic carbocycles. The summed E-state index contributed by atoms with van der Waals surface area (Å²) >= 11 is 0. The average Bonchev–Trinajstić information content (AvgIpc) is 2.95. The Kier molecular flexibility index (Phi) is 4.11. The van der Waals surface area contributed by atoms with Gasteiger partial charge in [-0.15, -0.1) is 0 Å². The maximum Gasteiger partial charge on any atom is 0.0954 e. The zero-order chi connectivity index (χ0) is 14.8. The minimum atomic E-state index is 0.0709. The van der Waals surface area contributed by atoms with E-state index in [0.717, 1.165) is 6.42 Å². The Balaban J connectivity index is 1.94. The number of hydrogen-bond donors (Lipinski definition) is 1. The van der Waals surface area contributed by atoms with Crippen LogP contribution in [-0.2, 0) is 6.42 Å². The number of imidazole rings is 1. The molecule has 3 rings (SSSR count). The first-order valence-corrected chi connectivity index (χ1v) is 8.02. The highest BCUT2D eigenvalue weighted by Gasteiger charge is 2.24. The van der Waals surface area contributed by atoms with Crippen molar-refractivity contribution in [2.45, 2.75) is 51.6 Å². The molecule has 112 valence electrons. The van der Waals surface area contributed by atoms with Gasteiger partial charge < -0.3 is 10.3 Å². The highest BCUT2D eigenvalue weighted by atomic mass is 15.1. The van der Waals surface area contributed by atoms with Crippen molar-refractivity contribution in [2.75, 3.05) is 0 Å². The summed E-state index contributed by atoms with van der Waals surface area (Å²) in [6, 6.07) is 9.26. The normalized spacial score (nSPS) is 19.5. The van der Waals surface area contributed by atoms with Gasteiger partial charge in [-0.1, -0.05) is 38.1 Å². The van der Waals surface area contributed by atoms with Crippen LogP contribution < -0.4 is 5.73 Å². The molecule has 1 aliphatic rings. The predicted molar refractivity (Wildman–Crippen MR) is 86.1 cm³/mol. The zero-order valence-electron chi connectivity index (χ0n) is 13.0. The summed E-state index contributed by atoms with van der Waals surface area (Å²) in [4.78, 5) is 4.38. The lowest BCUT2D eigenvalue weighted by atomic mass is 9.87. The van der Waals surface area contributed by atoms with Gasteiger partial charge in [0.1, 0.15) is 0 Å². The maximum atomic E-state index is 6.41. The summed E-state index contributed by atoms with van der Waals surface area (Å²) in [5.41, 5.74) is 10.5. The van der Waals surface area contributed by atoms with E-state index in [1.54, 1.807) is 0 Å². The number of benzene rings is 1. The molecule has 0 saturated carbocycles. The summed E-state index contributed by atoms with van der Waals surface area (Å²) in [5.74, 6) is 0.599. The van der Waals surface area contributed by atoms with Crippen molar-refractivity contribution in [3.63, 3.8) is 0 Å². The fraction of sp³-hybridized carbons (Fsp3) is 0.500. The first-order chi connectivity index (χ1) is 10.2. The van der Waals surface area contributed by atoms with Gasteiger partial charge in [-0.3, -0.25) is 0 Å². The van der Waals surface area contributed by atoms with Gasteiger partial charge in [0.25, 0.3) is 0 Å². The lowest BCUT2D eigenvalue weighted by Gasteiger charge is -2.29. The van der Waals surface area contributed by atoms with Gasteiger partial charge in [-0.25, -0.2) is 4.98 Å². The fourth-order valence-electron chi connectivity index (χ4n) is 3.51. The predicted octanol–water partition coefficient (Wildman–Crippen LogP) is 3.85. The number of nitrogens with two attached hydrogens (primary N) is 1. The molecule has 0 saturated heterocycles. The highest BCUT2D eigenvalue weighted by Crippen LogP contribution is 2.34. The van der Waals surface area contributed by atoms with Crippen molar-refractivity contribution in [1.29, 1.82) is 0 Å². The van der Waals surface area contributed by atoms with Crippen LogP contribution in [0.4, 0.5) is 0 Å². The minimum absolute atomic E-state index is 0.0709. The molecule has 0 bridgehead atoms. The number of hydrogen-bond acceptors (Lipinski definition) is 2. The van der Waals surface area contributed by atoms with Gasteiger partial charge in [0.2, 0.25) is 0 Å². The Morgan fingerprint density at radius 3 is 2.95 bits per heavy atom. The van der Waals surface area contributed by atoms with Crippen LogP contribution in [0.3, 0.4) is 0 Å². The standard InChI is InChI=1S/C18H25N3/c1-13(2)10-16(19)18-11-20-12-21(18)17-9-5-7-14-6-3-4-8-15(14)17/h3-4,6,8,11-13,16-17H,5,7,9-10,19H2,1-2H3. The largest absolute Gasteiger partial charge is 0.326 e. The fourth-order valence-corrected chi connectivity index (χ4v) is 3.51. The van der Waals surface area contributed by atoms with Crippen LogP contribution in [0.2, 0.25) is 0 Å². The van der Waals surface area contributed by atoms with E-state index in [9.17, 15) is 0 Å². The minimum Gasteiger partial charge on any atom is -0.326 e. The second-order valence-electron chi connectivity index (χ2n) is 6.57. The quantitative estimate of drug-likeness (QED) is 0.926. The molecule has 2 N–H and O–H groups in total. The molecule has 2 unspecified atom stereocenters. The van der Waals surface area contributed by atoms with Gasteiger partial charge in [-0.2, -0.15) is 0 Å². The van der Waals surface area contributed by atoms with Crippen molar-refractivity contribution >= 4 is 0 Å². The molecule has 1 aromatic heterocycles. The van der Waals surface area contributed by atoms with E-state index in [2.05, 4.69) is 47.7 Å². The third-order valence-corrected chi connectivity index (χ3v) is 4.47. The molecule has 2 atom stereocenters. The Morgan fingerprint density at radius 2 is 2.14 bits per heavy atom. The molecule has 0 radical (unpaired) electrons. The molecule has 0 amide bonds. The monoisotopic (exact) mass is 283 g/mol. The Hall–Kier alpha value is -1.61. The molecular formula is C18H25N3. The van der Waals surface area contributed by atoms with E-state index in [1.165, 1.54) is 36.1 Å². The molecular weight excluding hydrogens is 258 g/mol. The maximum absolute atomic E-state index is 6.41. The molecule has 3 heteroatoms. The molecule has 1 aromatic carbocycles. The topological polar surface area (TPSA) is 43.8 Å². The number of rotatable bonds is 4. The third-order valence-electron chi connectivity index (χ3n) is 4.47. The van der Waals surface area contributed by atoms with Gasteiger partial charge in [0.05, 0.1) is 18.1 Å². The van der Waals surface area contributed by atoms with E-state index in [4.69, 9.17) is 5.73 Å². The van der Waals surface area contributed by atoms with Crippen LogP contribution in [-0.4, -0.2) is 9.55 Å². The van der Waals surface area contributed by atoms with Gasteiger partial charge in [0.15, 0.2) is 0 Å². The van der Waals surface area contributed by atoms with Crippen molar-refractivity contribution in [3.8, 4) is 0 Å². The van der Waals surface area contributed by atoms with Gasteiger partial charge >= 0.3 is 0 Å². The summed E-state index contributed by atoms with van der Waals surface area (Å²) < 4.78 is 2.31. The van der Waals surface area contributed by atoms with Crippen LogP contribution in [0.15, 0.2) is 36.8 Å². The zero-order valence-corrected chi connectivity index (χ0v) is 13.0. The van der Waals surface area contributed by atoms with Crippen molar-refractivity contribution in [2.24, 2.45) is 11.7 Å². The summed E-state index contributed by atoms with van der Waals surface area (Å²) in [5, 5.41) is 0. The lowest BCUT2D eigenvalue weighted by molar-refractivity contribution is 0.438. The van der Waals surface area contributed by atoms with Crippen LogP contribution >= 0.6 is 0 Å². The Labute approximate surface area is 127 Å². The van der Waals surface area contributed by atoms with Crippen LogP contribution in [0.25, 0.3) is 0 Å². The van der Waals surface area contributed by atoms with E-state index in [0.29, 0.717) is 12.0 Å². The molecule has 3 nitrogen and oxygen atoms in total. The summed E-state index contributed by atoms with van der Waals surface area (Å²) in [7, 11) is 0. The van der Waals surface area contributed by atoms with E-state index >= 15 is 0 Å². The molecule has 0 spiro atoms. The Bertz CT molecular complexity index is 600. The van der Waals surface area contributed by atoms with Crippen molar-refractivity contribution in [3.05, 3.63) is 53.6 Å². The third kappa shape index (κ3) is 2.88. The van der Waals surface area contributed by atoms with Crippen LogP contribution in [0, 0.1) is 5.92 Å². The molecule has 21 heavy (non-hydrogen) atoms. The van der Waals surface area contributed by atoms with E-state index in [-0.39, 0.29) is 6.04 Å². The SMILES string of the molecule is CC(C)CC(N)c1cncn1C1CCCc2ccccc21. The van der Waals surface area contributed by atoms with Gasteiger partial charge in [0, 0.05) is 12.2 Å². The van der Waals surface area contributed by atoms with Crippen molar-refractivity contribution in [1.82, 2.24) is 9.55 Å². The number of nitrogens with zero attached hydrogens (tertiary/aromatic N) is 2. The Morgan fingerprint density at radius 1 is 1.33 bits per heavy atom. The molecule has 1 heterocycles. The average molecular weight is 283 g/mol. The second kappa shape index (κ2) is 6.02. The summed E-state index contributed by atoms with van der Waals surface area (Å²) in [6.45, 7) is 4.44. The second-order valence-corrected chi connectivity index (χ2v) is 6.57. The number of aryl methyl sites for hydroxylation is 1. The number of fused-ring (bicyclic) bond motifs is 1. The first-order valence-electron chi connectivity index (χ1n) is 8.02. The highest BCUT2D eigenvalue weighted by molar-refractivity contribution is 5.33. The first kappa shape index (κ1) is 14.3. The number of aromatic nitrogens is 2. The van der Waals surface area contributed by atoms with Crippen LogP contribution in [0.5, 0.6) is 0 Å². The summed E-state index contributed by atoms with van der Waals surface area (Å²) in [6.07, 6.45) is 8.51. The van der Waals surface area contributed by atoms with Crippen molar-refractivity contribution < 1.29 is 0 Å². The smallest absolute Gasteiger partial charge is 0.0954 e. The van der Waals surface area contributed by atoms with E-state index < -0.39 is 0 Å². The molecule has 0 fully saturated rings. The molecule has 2 aromatic rings. The van der Waals surface area contributed by atoms with Crippen LogP contribution in [0.1, 0.15) is 62.0 Å². The lowest BCUT2D eigenvalue weighted by Crippen LogP contribution is -2.23. The molecule has 0 aliphatic heterocycles. The van der Waals surface area contributed by atoms with E-state index in [1.807, 2.05) is 12.5 Å². The van der Waals surface area contributed by atoms with Gasteiger partial charge in [-0.05, 0) is 42.7 Å².